The normalized spacial score (nSPS) is 16.9. The third-order valence-corrected chi connectivity index (χ3v) is 5.02. The minimum atomic E-state index is -0.541. The summed E-state index contributed by atoms with van der Waals surface area (Å²) in [5.41, 5.74) is 4.87. The molecule has 0 heterocycles. The van der Waals surface area contributed by atoms with Crippen molar-refractivity contribution in [2.24, 2.45) is 0 Å². The Hall–Kier alpha value is -2.33. The number of carbonyl (C=O) groups excluding carboxylic acids is 1. The van der Waals surface area contributed by atoms with Gasteiger partial charge in [0.15, 0.2) is 0 Å². The number of ether oxygens (including phenoxy) is 1. The zero-order valence-electron chi connectivity index (χ0n) is 14.4. The molecule has 4 rings (SSSR count). The summed E-state index contributed by atoms with van der Waals surface area (Å²) in [5.74, 6) is 0.0731. The van der Waals surface area contributed by atoms with Crippen molar-refractivity contribution in [1.29, 1.82) is 0 Å². The van der Waals surface area contributed by atoms with E-state index in [-0.39, 0.29) is 18.1 Å². The molecule has 0 aromatic heterocycles. The van der Waals surface area contributed by atoms with Crippen LogP contribution in [0.4, 0.5) is 4.79 Å². The van der Waals surface area contributed by atoms with Crippen molar-refractivity contribution in [2.75, 3.05) is 13.2 Å². The third kappa shape index (κ3) is 3.14. The minimum Gasteiger partial charge on any atom is -0.448 e. The van der Waals surface area contributed by atoms with Crippen LogP contribution in [-0.2, 0) is 4.74 Å². The van der Waals surface area contributed by atoms with Crippen LogP contribution in [-0.4, -0.2) is 41.4 Å². The number of carbonyl (C=O) groups is 1. The van der Waals surface area contributed by atoms with Crippen molar-refractivity contribution < 1.29 is 14.6 Å². The molecule has 0 spiro atoms. The molecule has 2 aromatic rings. The molecule has 0 bridgehead atoms. The summed E-state index contributed by atoms with van der Waals surface area (Å²) in [6.45, 7) is 2.36. The van der Waals surface area contributed by atoms with Gasteiger partial charge in [-0.25, -0.2) is 4.79 Å². The lowest BCUT2D eigenvalue weighted by molar-refractivity contribution is 0.0731. The third-order valence-electron chi connectivity index (χ3n) is 5.02. The van der Waals surface area contributed by atoms with E-state index in [4.69, 9.17) is 4.74 Å². The maximum Gasteiger partial charge on any atom is 0.410 e. The fraction of sp³-hybridized carbons (Fsp3) is 0.381. The topological polar surface area (TPSA) is 49.8 Å². The number of aliphatic hydroxyl groups is 1. The van der Waals surface area contributed by atoms with Crippen molar-refractivity contribution in [3.8, 4) is 11.1 Å². The van der Waals surface area contributed by atoms with Gasteiger partial charge >= 0.3 is 6.09 Å². The van der Waals surface area contributed by atoms with Gasteiger partial charge in [-0.05, 0) is 42.0 Å². The molecule has 0 aliphatic heterocycles. The molecule has 1 N–H and O–H groups in total. The zero-order chi connectivity index (χ0) is 17.4. The second-order valence-corrected chi connectivity index (χ2v) is 7.04. The molecule has 1 fully saturated rings. The van der Waals surface area contributed by atoms with Crippen LogP contribution in [0.2, 0.25) is 0 Å². The molecular weight excluding hydrogens is 314 g/mol. The Morgan fingerprint density at radius 1 is 1.12 bits per heavy atom. The summed E-state index contributed by atoms with van der Waals surface area (Å²) in [7, 11) is 0. The number of benzene rings is 2. The summed E-state index contributed by atoms with van der Waals surface area (Å²) in [6, 6.07) is 16.9. The van der Waals surface area contributed by atoms with Crippen molar-refractivity contribution >= 4 is 6.09 Å². The number of rotatable bonds is 5. The maximum absolute atomic E-state index is 12.5. The predicted octanol–water partition coefficient (Wildman–Crippen LogP) is 3.78. The van der Waals surface area contributed by atoms with Crippen LogP contribution < -0.4 is 0 Å². The Kier molecular flexibility index (Phi) is 4.22. The smallest absolute Gasteiger partial charge is 0.410 e. The van der Waals surface area contributed by atoms with E-state index in [1.54, 1.807) is 11.8 Å². The van der Waals surface area contributed by atoms with E-state index in [9.17, 15) is 9.90 Å². The lowest BCUT2D eigenvalue weighted by Crippen LogP contribution is -2.39. The molecule has 0 saturated heterocycles. The van der Waals surface area contributed by atoms with Gasteiger partial charge in [0.05, 0.1) is 6.10 Å². The van der Waals surface area contributed by atoms with E-state index in [2.05, 4.69) is 24.3 Å². The Labute approximate surface area is 148 Å². The van der Waals surface area contributed by atoms with Crippen LogP contribution in [0, 0.1) is 0 Å². The fourth-order valence-electron chi connectivity index (χ4n) is 3.72. The van der Waals surface area contributed by atoms with E-state index < -0.39 is 6.10 Å². The van der Waals surface area contributed by atoms with Crippen LogP contribution in [0.25, 0.3) is 11.1 Å². The summed E-state index contributed by atoms with van der Waals surface area (Å²) >= 11 is 0. The molecule has 4 nitrogen and oxygen atoms in total. The van der Waals surface area contributed by atoms with Crippen molar-refractivity contribution in [3.63, 3.8) is 0 Å². The molecule has 1 atom stereocenters. The van der Waals surface area contributed by atoms with Gasteiger partial charge in [0.25, 0.3) is 0 Å². The molecule has 1 unspecified atom stereocenters. The van der Waals surface area contributed by atoms with E-state index in [1.807, 2.05) is 24.3 Å². The molecule has 2 aliphatic rings. The monoisotopic (exact) mass is 337 g/mol. The molecule has 25 heavy (non-hydrogen) atoms. The van der Waals surface area contributed by atoms with Crippen LogP contribution in [0.15, 0.2) is 48.5 Å². The van der Waals surface area contributed by atoms with Gasteiger partial charge in [0.1, 0.15) is 6.61 Å². The summed E-state index contributed by atoms with van der Waals surface area (Å²) in [6.07, 6.45) is 1.14. The van der Waals surface area contributed by atoms with Crippen LogP contribution in [0.1, 0.15) is 36.8 Å². The van der Waals surface area contributed by atoms with Crippen LogP contribution in [0.5, 0.6) is 0 Å². The highest BCUT2D eigenvalue weighted by atomic mass is 16.6. The van der Waals surface area contributed by atoms with E-state index in [0.717, 1.165) is 12.8 Å². The molecule has 2 aromatic carbocycles. The average molecular weight is 337 g/mol. The van der Waals surface area contributed by atoms with E-state index in [1.165, 1.54) is 22.3 Å². The summed E-state index contributed by atoms with van der Waals surface area (Å²) in [5, 5.41) is 9.64. The molecule has 0 radical (unpaired) electrons. The quantitative estimate of drug-likeness (QED) is 0.903. The second-order valence-electron chi connectivity index (χ2n) is 7.04. The molecule has 2 aliphatic carbocycles. The molecule has 1 saturated carbocycles. The lowest BCUT2D eigenvalue weighted by Gasteiger charge is -2.24. The SMILES string of the molecule is CC(O)CN(C(=O)OCC1c2ccccc2-c2ccccc21)C1CC1. The molecule has 1 amide bonds. The standard InChI is InChI=1S/C21H23NO3/c1-14(23)12-22(15-10-11-15)21(24)25-13-20-18-8-4-2-6-16(18)17-7-3-5-9-19(17)20/h2-9,14-15,20,23H,10-13H2,1H3. The van der Waals surface area contributed by atoms with Crippen molar-refractivity contribution in [2.45, 2.75) is 37.8 Å². The maximum atomic E-state index is 12.5. The Bertz CT molecular complexity index is 737. The van der Waals surface area contributed by atoms with Crippen molar-refractivity contribution in [3.05, 3.63) is 59.7 Å². The van der Waals surface area contributed by atoms with Gasteiger partial charge in [-0.15, -0.1) is 0 Å². The van der Waals surface area contributed by atoms with Crippen LogP contribution >= 0.6 is 0 Å². The van der Waals surface area contributed by atoms with Gasteiger partial charge in [-0.2, -0.15) is 0 Å². The molecule has 130 valence electrons. The summed E-state index contributed by atoms with van der Waals surface area (Å²) in [4.78, 5) is 14.2. The first-order chi connectivity index (χ1) is 12.1. The van der Waals surface area contributed by atoms with Gasteiger partial charge in [0, 0.05) is 18.5 Å². The first-order valence-corrected chi connectivity index (χ1v) is 8.95. The number of hydrogen-bond donors (Lipinski definition) is 1. The molecular formula is C21H23NO3. The molecule has 4 heteroatoms. The first-order valence-electron chi connectivity index (χ1n) is 8.95. The summed E-state index contributed by atoms with van der Waals surface area (Å²) < 4.78 is 5.68. The van der Waals surface area contributed by atoms with Gasteiger partial charge in [-0.1, -0.05) is 48.5 Å². The Balaban J connectivity index is 1.52. The number of aliphatic hydroxyl groups excluding tert-OH is 1. The Morgan fingerprint density at radius 2 is 1.68 bits per heavy atom. The highest BCUT2D eigenvalue weighted by Gasteiger charge is 2.35. The largest absolute Gasteiger partial charge is 0.448 e. The predicted molar refractivity (Wildman–Crippen MR) is 96.5 cm³/mol. The number of fused-ring (bicyclic) bond motifs is 3. The zero-order valence-corrected chi connectivity index (χ0v) is 14.4. The van der Waals surface area contributed by atoms with Gasteiger partial charge in [0.2, 0.25) is 0 Å². The minimum absolute atomic E-state index is 0.0731. The number of nitrogens with zero attached hydrogens (tertiary/aromatic N) is 1. The first kappa shape index (κ1) is 16.2. The lowest BCUT2D eigenvalue weighted by atomic mass is 9.98. The van der Waals surface area contributed by atoms with Crippen LogP contribution in [0.3, 0.4) is 0 Å². The Morgan fingerprint density at radius 3 is 2.20 bits per heavy atom. The average Bonchev–Trinajstić information content (AvgIpc) is 3.40. The number of hydrogen-bond acceptors (Lipinski definition) is 3. The van der Waals surface area contributed by atoms with Gasteiger partial charge < -0.3 is 14.7 Å². The highest BCUT2D eigenvalue weighted by Crippen LogP contribution is 2.44. The second kappa shape index (κ2) is 6.52. The van der Waals surface area contributed by atoms with E-state index >= 15 is 0 Å². The van der Waals surface area contributed by atoms with Crippen molar-refractivity contribution in [1.82, 2.24) is 4.90 Å². The number of amides is 1. The fourth-order valence-corrected chi connectivity index (χ4v) is 3.72. The van der Waals surface area contributed by atoms with Gasteiger partial charge in [-0.3, -0.25) is 0 Å². The van der Waals surface area contributed by atoms with E-state index in [0.29, 0.717) is 13.2 Å². The highest BCUT2D eigenvalue weighted by molar-refractivity contribution is 5.79.